The van der Waals surface area contributed by atoms with Crippen LogP contribution in [0.4, 0.5) is 18.9 Å². The van der Waals surface area contributed by atoms with Gasteiger partial charge in [0, 0.05) is 0 Å². The number of nitrogens with one attached hydrogen (secondary N) is 1. The molecule has 1 N–H and O–H groups in total. The van der Waals surface area contributed by atoms with Crippen LogP contribution in [0.3, 0.4) is 0 Å². The summed E-state index contributed by atoms with van der Waals surface area (Å²) in [5, 5.41) is 6.83. The Bertz CT molecular complexity index is 969. The van der Waals surface area contributed by atoms with E-state index < -0.39 is 17.8 Å². The van der Waals surface area contributed by atoms with Gasteiger partial charge in [0.2, 0.25) is 0 Å². The number of ether oxygens (including phenoxy) is 1. The average Bonchev–Trinajstić information content (AvgIpc) is 3.03. The molecule has 0 bridgehead atoms. The first-order valence-corrected chi connectivity index (χ1v) is 8.41. The van der Waals surface area contributed by atoms with Crippen LogP contribution < -0.4 is 10.1 Å². The number of anilines is 1. The predicted octanol–water partition coefficient (Wildman–Crippen LogP) is 4.33. The van der Waals surface area contributed by atoms with E-state index in [-0.39, 0.29) is 23.4 Å². The average molecular weight is 390 g/mol. The van der Waals surface area contributed by atoms with Crippen molar-refractivity contribution in [3.05, 3.63) is 66.1 Å². The Kier molecular flexibility index (Phi) is 5.34. The second-order valence-corrected chi connectivity index (χ2v) is 6.15. The van der Waals surface area contributed by atoms with Crippen molar-refractivity contribution in [2.75, 3.05) is 5.32 Å². The highest BCUT2D eigenvalue weighted by Gasteiger charge is 2.33. The Balaban J connectivity index is 1.90. The molecule has 3 aromatic rings. The maximum absolute atomic E-state index is 12.8. The molecule has 6 nitrogen and oxygen atoms in total. The zero-order valence-corrected chi connectivity index (χ0v) is 15.1. The fourth-order valence-corrected chi connectivity index (χ4v) is 2.37. The molecule has 0 aliphatic heterocycles. The highest BCUT2D eigenvalue weighted by Crippen LogP contribution is 2.28. The normalized spacial score (nSPS) is 11.5. The monoisotopic (exact) mass is 390 g/mol. The van der Waals surface area contributed by atoms with Crippen molar-refractivity contribution in [1.29, 1.82) is 0 Å². The molecule has 0 saturated heterocycles. The van der Waals surface area contributed by atoms with Gasteiger partial charge in [0.25, 0.3) is 11.8 Å². The molecule has 146 valence electrons. The maximum Gasteiger partial charge on any atom is 0.433 e. The van der Waals surface area contributed by atoms with Crippen molar-refractivity contribution in [3.8, 4) is 11.6 Å². The number of carbonyl (C=O) groups is 1. The molecular weight excluding hydrogens is 373 g/mol. The van der Waals surface area contributed by atoms with Gasteiger partial charge in [0.05, 0.1) is 18.0 Å². The number of pyridine rings is 1. The number of hydrogen-bond donors (Lipinski definition) is 1. The molecule has 0 saturated carbocycles. The van der Waals surface area contributed by atoms with Gasteiger partial charge >= 0.3 is 6.18 Å². The minimum Gasteiger partial charge on any atom is -0.472 e. The van der Waals surface area contributed by atoms with Crippen molar-refractivity contribution >= 4 is 11.6 Å². The summed E-state index contributed by atoms with van der Waals surface area (Å²) >= 11 is 0. The van der Waals surface area contributed by atoms with E-state index in [9.17, 15) is 18.0 Å². The van der Waals surface area contributed by atoms with Gasteiger partial charge in [0.1, 0.15) is 17.1 Å². The van der Waals surface area contributed by atoms with Gasteiger partial charge in [-0.2, -0.15) is 13.2 Å². The van der Waals surface area contributed by atoms with Crippen LogP contribution in [0.2, 0.25) is 0 Å². The summed E-state index contributed by atoms with van der Waals surface area (Å²) in [4.78, 5) is 15.8. The van der Waals surface area contributed by atoms with Crippen molar-refractivity contribution in [2.45, 2.75) is 26.1 Å². The Labute approximate surface area is 159 Å². The highest BCUT2D eigenvalue weighted by molar-refractivity contribution is 6.03. The van der Waals surface area contributed by atoms with Crippen LogP contribution in [0.25, 0.3) is 5.69 Å². The van der Waals surface area contributed by atoms with E-state index in [0.717, 1.165) is 17.8 Å². The van der Waals surface area contributed by atoms with Crippen LogP contribution in [-0.4, -0.2) is 26.8 Å². The molecular formula is C19H17F3N4O2. The van der Waals surface area contributed by atoms with Gasteiger partial charge in [-0.25, -0.2) is 9.67 Å². The molecule has 0 atom stereocenters. The number of halogens is 3. The van der Waals surface area contributed by atoms with Crippen molar-refractivity contribution in [3.63, 3.8) is 0 Å². The molecule has 2 heterocycles. The molecule has 0 spiro atoms. The number of aromatic nitrogens is 3. The molecule has 0 aliphatic carbocycles. The summed E-state index contributed by atoms with van der Waals surface area (Å²) in [6.45, 7) is 3.59. The van der Waals surface area contributed by atoms with Crippen LogP contribution in [0.5, 0.6) is 5.88 Å². The summed E-state index contributed by atoms with van der Waals surface area (Å²) in [5.74, 6) is -0.647. The van der Waals surface area contributed by atoms with E-state index in [2.05, 4.69) is 15.4 Å². The van der Waals surface area contributed by atoms with Crippen molar-refractivity contribution in [2.24, 2.45) is 0 Å². The summed E-state index contributed by atoms with van der Waals surface area (Å²) < 4.78 is 45.6. The Morgan fingerprint density at radius 1 is 1.11 bits per heavy atom. The van der Waals surface area contributed by atoms with Crippen molar-refractivity contribution < 1.29 is 22.7 Å². The number of nitrogens with zero attached hydrogens (tertiary/aromatic N) is 3. The van der Waals surface area contributed by atoms with E-state index in [0.29, 0.717) is 0 Å². The second kappa shape index (κ2) is 7.71. The first-order chi connectivity index (χ1) is 13.2. The van der Waals surface area contributed by atoms with Gasteiger partial charge < -0.3 is 10.1 Å². The van der Waals surface area contributed by atoms with Crippen LogP contribution in [0.1, 0.15) is 30.0 Å². The van der Waals surface area contributed by atoms with E-state index in [1.165, 1.54) is 16.9 Å². The molecule has 3 rings (SSSR count). The summed E-state index contributed by atoms with van der Waals surface area (Å²) in [5.41, 5.74) is -0.549. The number of rotatable bonds is 5. The third-order valence-corrected chi connectivity index (χ3v) is 3.57. The fraction of sp³-hybridized carbons (Fsp3) is 0.211. The fourth-order valence-electron chi connectivity index (χ4n) is 2.37. The number of para-hydroxylation sites is 1. The van der Waals surface area contributed by atoms with Crippen LogP contribution in [0.15, 0.2) is 54.7 Å². The first-order valence-electron chi connectivity index (χ1n) is 8.41. The van der Waals surface area contributed by atoms with Gasteiger partial charge in [-0.15, -0.1) is 5.10 Å². The van der Waals surface area contributed by atoms with Gasteiger partial charge in [-0.3, -0.25) is 4.79 Å². The molecule has 0 fully saturated rings. The molecule has 9 heteroatoms. The lowest BCUT2D eigenvalue weighted by atomic mass is 10.3. The lowest BCUT2D eigenvalue weighted by Crippen LogP contribution is -2.17. The number of amides is 1. The second-order valence-electron chi connectivity index (χ2n) is 6.15. The number of hydrogen-bond acceptors (Lipinski definition) is 4. The number of benzene rings is 1. The van der Waals surface area contributed by atoms with Crippen LogP contribution >= 0.6 is 0 Å². The van der Waals surface area contributed by atoms with Gasteiger partial charge in [-0.05, 0) is 38.1 Å². The third kappa shape index (κ3) is 4.48. The lowest BCUT2D eigenvalue weighted by Gasteiger charge is -2.10. The predicted molar refractivity (Wildman–Crippen MR) is 96.5 cm³/mol. The zero-order chi connectivity index (χ0) is 20.3. The topological polar surface area (TPSA) is 69.0 Å². The van der Waals surface area contributed by atoms with E-state index in [4.69, 9.17) is 4.74 Å². The maximum atomic E-state index is 12.8. The molecule has 0 unspecified atom stereocenters. The highest BCUT2D eigenvalue weighted by atomic mass is 19.4. The van der Waals surface area contributed by atoms with E-state index >= 15 is 0 Å². The minimum absolute atomic E-state index is 0.152. The molecule has 2 aromatic heterocycles. The Morgan fingerprint density at radius 2 is 1.82 bits per heavy atom. The molecule has 1 amide bonds. The van der Waals surface area contributed by atoms with E-state index in [1.54, 1.807) is 13.8 Å². The zero-order valence-electron chi connectivity index (χ0n) is 15.1. The Morgan fingerprint density at radius 3 is 2.46 bits per heavy atom. The molecule has 1 aromatic carbocycles. The smallest absolute Gasteiger partial charge is 0.433 e. The lowest BCUT2D eigenvalue weighted by molar-refractivity contribution is -0.141. The summed E-state index contributed by atoms with van der Waals surface area (Å²) in [6, 6.07) is 12.3. The first kappa shape index (κ1) is 19.4. The SMILES string of the molecule is CC(C)Oc1nn(-c2ccccc2)cc1NC(=O)c1cccc(C(F)(F)F)n1. The number of carbonyl (C=O) groups excluding carboxylic acids is 1. The standard InChI is InChI=1S/C19H17F3N4O2/c1-12(2)28-18-15(11-26(25-18)13-7-4-3-5-8-13)24-17(27)14-9-6-10-16(23-14)19(20,21)22/h3-12H,1-2H3,(H,24,27). The number of alkyl halides is 3. The van der Waals surface area contributed by atoms with Crippen LogP contribution in [-0.2, 0) is 6.18 Å². The Hall–Kier alpha value is -3.36. The molecule has 0 aliphatic rings. The van der Waals surface area contributed by atoms with Gasteiger partial charge in [-0.1, -0.05) is 24.3 Å². The van der Waals surface area contributed by atoms with Gasteiger partial charge in [0.15, 0.2) is 0 Å². The molecule has 28 heavy (non-hydrogen) atoms. The largest absolute Gasteiger partial charge is 0.472 e. The van der Waals surface area contributed by atoms with Crippen LogP contribution in [0, 0.1) is 0 Å². The van der Waals surface area contributed by atoms with E-state index in [1.807, 2.05) is 30.3 Å². The third-order valence-electron chi connectivity index (χ3n) is 3.57. The quantitative estimate of drug-likeness (QED) is 0.704. The minimum atomic E-state index is -4.64. The van der Waals surface area contributed by atoms with Crippen molar-refractivity contribution in [1.82, 2.24) is 14.8 Å². The summed E-state index contributed by atoms with van der Waals surface area (Å²) in [7, 11) is 0. The summed E-state index contributed by atoms with van der Waals surface area (Å²) in [6.07, 6.45) is -3.33. The molecule has 0 radical (unpaired) electrons.